The van der Waals surface area contributed by atoms with E-state index in [1.54, 1.807) is 18.3 Å². The number of aromatic nitrogens is 1. The molecule has 0 aliphatic rings. The van der Waals surface area contributed by atoms with Gasteiger partial charge in [0.2, 0.25) is 0 Å². The van der Waals surface area contributed by atoms with Crippen LogP contribution in [0.25, 0.3) is 0 Å². The second-order valence-corrected chi connectivity index (χ2v) is 3.98. The molecule has 2 nitrogen and oxygen atoms in total. The van der Waals surface area contributed by atoms with Crippen molar-refractivity contribution in [1.82, 2.24) is 4.98 Å². The molecule has 0 aromatic carbocycles. The maximum atomic E-state index is 9.11. The Morgan fingerprint density at radius 2 is 2.42 bits per heavy atom. The molecular formula is C9H15NOS. The number of aliphatic hydroxyl groups excluding tert-OH is 1. The van der Waals surface area contributed by atoms with Gasteiger partial charge in [0.05, 0.1) is 16.8 Å². The molecule has 1 aromatic heterocycles. The van der Waals surface area contributed by atoms with Gasteiger partial charge in [-0.15, -0.1) is 11.3 Å². The predicted octanol–water partition coefficient (Wildman–Crippen LogP) is 2.02. The summed E-state index contributed by atoms with van der Waals surface area (Å²) in [6.07, 6.45) is 2.60. The second kappa shape index (κ2) is 4.58. The van der Waals surface area contributed by atoms with Gasteiger partial charge >= 0.3 is 0 Å². The number of aliphatic hydroxyl groups is 1. The number of aryl methyl sites for hydroxylation is 1. The van der Waals surface area contributed by atoms with E-state index in [2.05, 4.69) is 11.9 Å². The summed E-state index contributed by atoms with van der Waals surface area (Å²) in [5.41, 5.74) is 1.03. The van der Waals surface area contributed by atoms with Crippen molar-refractivity contribution in [3.63, 3.8) is 0 Å². The molecule has 1 heterocycles. The number of thiazole rings is 1. The van der Waals surface area contributed by atoms with E-state index in [-0.39, 0.29) is 6.10 Å². The lowest BCUT2D eigenvalue weighted by Crippen LogP contribution is -2.04. The minimum absolute atomic E-state index is 0.276. The van der Waals surface area contributed by atoms with Gasteiger partial charge in [0.25, 0.3) is 0 Å². The van der Waals surface area contributed by atoms with Gasteiger partial charge in [0, 0.05) is 11.8 Å². The fourth-order valence-electron chi connectivity index (χ4n) is 1.07. The maximum absolute atomic E-state index is 9.11. The Hall–Kier alpha value is -0.410. The van der Waals surface area contributed by atoms with Crippen LogP contribution in [0.2, 0.25) is 0 Å². The zero-order chi connectivity index (χ0) is 8.97. The van der Waals surface area contributed by atoms with Gasteiger partial charge in [-0.05, 0) is 19.8 Å². The van der Waals surface area contributed by atoms with Gasteiger partial charge in [0.15, 0.2) is 0 Å². The molecule has 1 N–H and O–H groups in total. The Morgan fingerprint density at radius 1 is 1.67 bits per heavy atom. The average molecular weight is 185 g/mol. The van der Waals surface area contributed by atoms with Crippen LogP contribution in [0.5, 0.6) is 0 Å². The van der Waals surface area contributed by atoms with Crippen LogP contribution in [0.1, 0.15) is 31.0 Å². The van der Waals surface area contributed by atoms with Crippen LogP contribution in [-0.2, 0) is 12.8 Å². The Balaban J connectivity index is 2.52. The third-order valence-electron chi connectivity index (χ3n) is 1.57. The monoisotopic (exact) mass is 185 g/mol. The summed E-state index contributed by atoms with van der Waals surface area (Å²) in [5.74, 6) is 0. The van der Waals surface area contributed by atoms with E-state index in [1.807, 2.05) is 5.38 Å². The van der Waals surface area contributed by atoms with Crippen LogP contribution in [0.3, 0.4) is 0 Å². The summed E-state index contributed by atoms with van der Waals surface area (Å²) >= 11 is 1.69. The van der Waals surface area contributed by atoms with Gasteiger partial charge in [-0.3, -0.25) is 0 Å². The van der Waals surface area contributed by atoms with Crippen molar-refractivity contribution in [2.45, 2.75) is 39.2 Å². The largest absolute Gasteiger partial charge is 0.393 e. The lowest BCUT2D eigenvalue weighted by molar-refractivity contribution is 0.194. The fraction of sp³-hybridized carbons (Fsp3) is 0.667. The zero-order valence-corrected chi connectivity index (χ0v) is 8.40. The Bertz CT molecular complexity index is 232. The van der Waals surface area contributed by atoms with Crippen LogP contribution in [0.15, 0.2) is 5.38 Å². The molecule has 1 unspecified atom stereocenters. The van der Waals surface area contributed by atoms with Crippen LogP contribution in [-0.4, -0.2) is 16.2 Å². The Morgan fingerprint density at radius 3 is 3.00 bits per heavy atom. The van der Waals surface area contributed by atoms with Gasteiger partial charge < -0.3 is 5.11 Å². The van der Waals surface area contributed by atoms with E-state index in [4.69, 9.17) is 5.11 Å². The average Bonchev–Trinajstić information content (AvgIpc) is 2.36. The molecule has 0 aliphatic carbocycles. The molecule has 0 aliphatic heterocycles. The van der Waals surface area contributed by atoms with E-state index in [1.165, 1.54) is 5.01 Å². The zero-order valence-electron chi connectivity index (χ0n) is 7.58. The molecule has 0 amide bonds. The van der Waals surface area contributed by atoms with Crippen molar-refractivity contribution in [2.75, 3.05) is 0 Å². The summed E-state index contributed by atoms with van der Waals surface area (Å²) in [4.78, 5) is 4.40. The first kappa shape index (κ1) is 9.68. The fourth-order valence-corrected chi connectivity index (χ4v) is 1.99. The number of nitrogens with zero attached hydrogens (tertiary/aromatic N) is 1. The highest BCUT2D eigenvalue weighted by Gasteiger charge is 2.03. The molecule has 3 heteroatoms. The number of hydrogen-bond acceptors (Lipinski definition) is 3. The lowest BCUT2D eigenvalue weighted by Gasteiger charge is -1.98. The summed E-state index contributed by atoms with van der Waals surface area (Å²) in [5, 5.41) is 12.3. The van der Waals surface area contributed by atoms with Crippen molar-refractivity contribution in [3.05, 3.63) is 16.1 Å². The van der Waals surface area contributed by atoms with Crippen LogP contribution in [0.4, 0.5) is 0 Å². The van der Waals surface area contributed by atoms with Gasteiger partial charge in [-0.2, -0.15) is 0 Å². The maximum Gasteiger partial charge on any atom is 0.0928 e. The van der Waals surface area contributed by atoms with Crippen LogP contribution < -0.4 is 0 Å². The molecule has 0 saturated heterocycles. The van der Waals surface area contributed by atoms with E-state index in [0.717, 1.165) is 18.5 Å². The Labute approximate surface area is 77.3 Å². The second-order valence-electron chi connectivity index (χ2n) is 3.04. The topological polar surface area (TPSA) is 33.1 Å². The SMILES string of the molecule is CCCc1nc(CC(C)O)cs1. The quantitative estimate of drug-likeness (QED) is 0.778. The third kappa shape index (κ3) is 2.91. The Kier molecular flexibility index (Phi) is 3.69. The van der Waals surface area contributed by atoms with E-state index >= 15 is 0 Å². The molecular weight excluding hydrogens is 170 g/mol. The van der Waals surface area contributed by atoms with Crippen molar-refractivity contribution < 1.29 is 5.11 Å². The van der Waals surface area contributed by atoms with Crippen molar-refractivity contribution in [1.29, 1.82) is 0 Å². The molecule has 0 bridgehead atoms. The normalized spacial score (nSPS) is 13.2. The first-order valence-electron chi connectivity index (χ1n) is 4.33. The molecule has 1 rings (SSSR count). The van der Waals surface area contributed by atoms with E-state index in [9.17, 15) is 0 Å². The minimum Gasteiger partial charge on any atom is -0.393 e. The molecule has 68 valence electrons. The first-order valence-corrected chi connectivity index (χ1v) is 5.21. The highest BCUT2D eigenvalue weighted by Crippen LogP contribution is 2.12. The van der Waals surface area contributed by atoms with Crippen LogP contribution in [0, 0.1) is 0 Å². The highest BCUT2D eigenvalue weighted by molar-refractivity contribution is 7.09. The molecule has 0 spiro atoms. The number of hydrogen-bond donors (Lipinski definition) is 1. The van der Waals surface area contributed by atoms with Crippen molar-refractivity contribution >= 4 is 11.3 Å². The van der Waals surface area contributed by atoms with E-state index in [0.29, 0.717) is 6.42 Å². The van der Waals surface area contributed by atoms with Crippen LogP contribution >= 0.6 is 11.3 Å². The van der Waals surface area contributed by atoms with E-state index < -0.39 is 0 Å². The smallest absolute Gasteiger partial charge is 0.0928 e. The molecule has 1 aromatic rings. The molecule has 0 fully saturated rings. The van der Waals surface area contributed by atoms with Gasteiger partial charge in [-0.25, -0.2) is 4.98 Å². The first-order chi connectivity index (χ1) is 5.72. The summed E-state index contributed by atoms with van der Waals surface area (Å²) < 4.78 is 0. The number of rotatable bonds is 4. The van der Waals surface area contributed by atoms with Gasteiger partial charge in [-0.1, -0.05) is 6.92 Å². The molecule has 1 atom stereocenters. The molecule has 0 saturated carbocycles. The minimum atomic E-state index is -0.276. The highest BCUT2D eigenvalue weighted by atomic mass is 32.1. The third-order valence-corrected chi connectivity index (χ3v) is 2.53. The van der Waals surface area contributed by atoms with Gasteiger partial charge in [0.1, 0.15) is 0 Å². The molecule has 12 heavy (non-hydrogen) atoms. The summed E-state index contributed by atoms with van der Waals surface area (Å²) in [6, 6.07) is 0. The lowest BCUT2D eigenvalue weighted by atomic mass is 10.2. The predicted molar refractivity (Wildman–Crippen MR) is 51.5 cm³/mol. The van der Waals surface area contributed by atoms with Crippen molar-refractivity contribution in [3.8, 4) is 0 Å². The summed E-state index contributed by atoms with van der Waals surface area (Å²) in [7, 11) is 0. The molecule has 0 radical (unpaired) electrons. The van der Waals surface area contributed by atoms with Crippen molar-refractivity contribution in [2.24, 2.45) is 0 Å². The summed E-state index contributed by atoms with van der Waals surface area (Å²) in [6.45, 7) is 3.94. The standard InChI is InChI=1S/C9H15NOS/c1-3-4-9-10-8(6-12-9)5-7(2)11/h6-7,11H,3-5H2,1-2H3.